The minimum Gasteiger partial charge on any atom is -0.478 e. The quantitative estimate of drug-likeness (QED) is 0.886. The molecule has 0 amide bonds. The molecule has 0 atom stereocenters. The second-order valence-electron chi connectivity index (χ2n) is 2.77. The van der Waals surface area contributed by atoms with Crippen molar-refractivity contribution in [3.63, 3.8) is 0 Å². The van der Waals surface area contributed by atoms with Gasteiger partial charge in [-0.15, -0.1) is 0 Å². The van der Waals surface area contributed by atoms with E-state index in [0.717, 1.165) is 10.2 Å². The summed E-state index contributed by atoms with van der Waals surface area (Å²) in [6.07, 6.45) is 1.74. The molecular weight excluding hydrogens is 234 g/mol. The smallest absolute Gasteiger partial charge is 0.337 e. The summed E-state index contributed by atoms with van der Waals surface area (Å²) in [4.78, 5) is 10.7. The number of nitrogens with zero attached hydrogens (tertiary/aromatic N) is 1. The highest BCUT2D eigenvalue weighted by atomic mass is 79.9. The van der Waals surface area contributed by atoms with Gasteiger partial charge in [-0.3, -0.25) is 0 Å². The van der Waals surface area contributed by atoms with Crippen LogP contribution in [0.4, 0.5) is 0 Å². The van der Waals surface area contributed by atoms with Crippen LogP contribution in [0.15, 0.2) is 23.3 Å². The minimum absolute atomic E-state index is 0.341. The number of carbonyl (C=O) groups is 1. The van der Waals surface area contributed by atoms with Crippen molar-refractivity contribution in [2.45, 2.75) is 13.5 Å². The first-order valence-corrected chi connectivity index (χ1v) is 4.54. The first-order chi connectivity index (χ1) is 6.02. The zero-order valence-corrected chi connectivity index (χ0v) is 8.84. The number of carboxylic acids is 1. The molecule has 0 radical (unpaired) electrons. The van der Waals surface area contributed by atoms with Gasteiger partial charge in [0, 0.05) is 16.4 Å². The highest BCUT2D eigenvalue weighted by Crippen LogP contribution is 2.13. The Balaban J connectivity index is 2.99. The lowest BCUT2D eigenvalue weighted by molar-refractivity contribution is 0.0696. The van der Waals surface area contributed by atoms with E-state index in [9.17, 15) is 4.79 Å². The fraction of sp³-hybridized carbons (Fsp3) is 0.222. The average molecular weight is 244 g/mol. The Labute approximate surface area is 84.8 Å². The van der Waals surface area contributed by atoms with Gasteiger partial charge in [0.2, 0.25) is 0 Å². The molecule has 0 aliphatic rings. The Bertz CT molecular complexity index is 354. The summed E-state index contributed by atoms with van der Waals surface area (Å²) < 4.78 is 2.66. The summed E-state index contributed by atoms with van der Waals surface area (Å²) in [7, 11) is 0. The molecule has 4 heteroatoms. The van der Waals surface area contributed by atoms with Gasteiger partial charge in [0.05, 0.1) is 12.1 Å². The Hall–Kier alpha value is -1.03. The molecule has 1 aromatic rings. The SMILES string of the molecule is C=C(Br)Cn1ccc(C(=O)O)c1C. The van der Waals surface area contributed by atoms with Gasteiger partial charge >= 0.3 is 5.97 Å². The predicted molar refractivity (Wildman–Crippen MR) is 54.2 cm³/mol. The van der Waals surface area contributed by atoms with Gasteiger partial charge < -0.3 is 9.67 Å². The molecule has 0 spiro atoms. The predicted octanol–water partition coefficient (Wildman–Crippen LogP) is 2.40. The second kappa shape index (κ2) is 3.79. The average Bonchev–Trinajstić information content (AvgIpc) is 2.32. The number of carboxylic acid groups (broad SMARTS) is 1. The zero-order chi connectivity index (χ0) is 10.0. The van der Waals surface area contributed by atoms with Crippen molar-refractivity contribution in [2.24, 2.45) is 0 Å². The van der Waals surface area contributed by atoms with Gasteiger partial charge in [-0.05, 0) is 13.0 Å². The molecule has 1 aromatic heterocycles. The normalized spacial score (nSPS) is 10.0. The van der Waals surface area contributed by atoms with Gasteiger partial charge in [0.15, 0.2) is 0 Å². The number of aromatic nitrogens is 1. The van der Waals surface area contributed by atoms with E-state index in [1.807, 2.05) is 4.57 Å². The molecule has 1 rings (SSSR count). The standard InChI is InChI=1S/C9H10BrNO2/c1-6(10)5-11-4-3-8(7(11)2)9(12)13/h3-4H,1,5H2,2H3,(H,12,13). The summed E-state index contributed by atoms with van der Waals surface area (Å²) in [6, 6.07) is 1.59. The number of rotatable bonds is 3. The van der Waals surface area contributed by atoms with Crippen LogP contribution in [-0.4, -0.2) is 15.6 Å². The second-order valence-corrected chi connectivity index (χ2v) is 3.89. The van der Waals surface area contributed by atoms with Crippen molar-refractivity contribution in [1.29, 1.82) is 0 Å². The maximum atomic E-state index is 10.7. The Morgan fingerprint density at radius 3 is 2.77 bits per heavy atom. The summed E-state index contributed by atoms with van der Waals surface area (Å²) in [5.74, 6) is -0.892. The van der Waals surface area contributed by atoms with Gasteiger partial charge in [0.25, 0.3) is 0 Å². The van der Waals surface area contributed by atoms with Crippen LogP contribution in [0.3, 0.4) is 0 Å². The molecule has 0 saturated carbocycles. The monoisotopic (exact) mass is 243 g/mol. The Morgan fingerprint density at radius 1 is 1.77 bits per heavy atom. The molecule has 0 fully saturated rings. The highest BCUT2D eigenvalue weighted by Gasteiger charge is 2.10. The fourth-order valence-electron chi connectivity index (χ4n) is 1.13. The lowest BCUT2D eigenvalue weighted by Crippen LogP contribution is -2.02. The largest absolute Gasteiger partial charge is 0.478 e. The number of hydrogen-bond acceptors (Lipinski definition) is 1. The van der Waals surface area contributed by atoms with E-state index in [1.165, 1.54) is 0 Å². The zero-order valence-electron chi connectivity index (χ0n) is 7.25. The molecule has 0 aliphatic carbocycles. The number of hydrogen-bond donors (Lipinski definition) is 1. The van der Waals surface area contributed by atoms with Crippen molar-refractivity contribution in [2.75, 3.05) is 0 Å². The van der Waals surface area contributed by atoms with Gasteiger partial charge in [0.1, 0.15) is 0 Å². The molecule has 1 heterocycles. The van der Waals surface area contributed by atoms with Crippen molar-refractivity contribution in [1.82, 2.24) is 4.57 Å². The van der Waals surface area contributed by atoms with E-state index < -0.39 is 5.97 Å². The molecular formula is C9H10BrNO2. The molecule has 3 nitrogen and oxygen atoms in total. The molecule has 0 aromatic carbocycles. The van der Waals surface area contributed by atoms with Crippen molar-refractivity contribution in [3.05, 3.63) is 34.6 Å². The highest BCUT2D eigenvalue weighted by molar-refractivity contribution is 9.11. The first-order valence-electron chi connectivity index (χ1n) is 3.74. The molecule has 13 heavy (non-hydrogen) atoms. The van der Waals surface area contributed by atoms with E-state index in [1.54, 1.807) is 19.2 Å². The van der Waals surface area contributed by atoms with Crippen LogP contribution in [-0.2, 0) is 6.54 Å². The van der Waals surface area contributed by atoms with Gasteiger partial charge in [-0.1, -0.05) is 22.5 Å². The summed E-state index contributed by atoms with van der Waals surface area (Å²) >= 11 is 3.23. The van der Waals surface area contributed by atoms with Gasteiger partial charge in [-0.25, -0.2) is 4.79 Å². The minimum atomic E-state index is -0.892. The topological polar surface area (TPSA) is 42.2 Å². The lowest BCUT2D eigenvalue weighted by atomic mass is 10.2. The van der Waals surface area contributed by atoms with Crippen LogP contribution in [0.5, 0.6) is 0 Å². The van der Waals surface area contributed by atoms with Crippen molar-refractivity contribution < 1.29 is 9.90 Å². The Morgan fingerprint density at radius 2 is 2.38 bits per heavy atom. The van der Waals surface area contributed by atoms with Crippen LogP contribution in [0.25, 0.3) is 0 Å². The van der Waals surface area contributed by atoms with E-state index in [0.29, 0.717) is 12.1 Å². The third-order valence-electron chi connectivity index (χ3n) is 1.81. The maximum absolute atomic E-state index is 10.7. The lowest BCUT2D eigenvalue weighted by Gasteiger charge is -2.04. The van der Waals surface area contributed by atoms with Crippen molar-refractivity contribution >= 4 is 21.9 Å². The number of aromatic carboxylic acids is 1. The molecule has 0 unspecified atom stereocenters. The summed E-state index contributed by atoms with van der Waals surface area (Å²) in [5.41, 5.74) is 1.09. The Kier molecular flexibility index (Phi) is 2.93. The third-order valence-corrected chi connectivity index (χ3v) is 2.06. The molecule has 0 saturated heterocycles. The van der Waals surface area contributed by atoms with Crippen LogP contribution >= 0.6 is 15.9 Å². The third kappa shape index (κ3) is 2.21. The van der Waals surface area contributed by atoms with Crippen molar-refractivity contribution in [3.8, 4) is 0 Å². The van der Waals surface area contributed by atoms with Gasteiger partial charge in [-0.2, -0.15) is 0 Å². The maximum Gasteiger partial charge on any atom is 0.337 e. The van der Waals surface area contributed by atoms with E-state index in [4.69, 9.17) is 5.11 Å². The fourth-order valence-corrected chi connectivity index (χ4v) is 1.40. The van der Waals surface area contributed by atoms with Crippen LogP contribution < -0.4 is 0 Å². The molecule has 1 N–H and O–H groups in total. The van der Waals surface area contributed by atoms with Crippen LogP contribution in [0.1, 0.15) is 16.1 Å². The van der Waals surface area contributed by atoms with Crippen LogP contribution in [0, 0.1) is 6.92 Å². The van der Waals surface area contributed by atoms with E-state index in [2.05, 4.69) is 22.5 Å². The number of halogens is 1. The summed E-state index contributed by atoms with van der Waals surface area (Å²) in [6.45, 7) is 6.07. The number of allylic oxidation sites excluding steroid dienone is 1. The molecule has 70 valence electrons. The molecule has 0 bridgehead atoms. The van der Waals surface area contributed by atoms with E-state index in [-0.39, 0.29) is 0 Å². The summed E-state index contributed by atoms with van der Waals surface area (Å²) in [5, 5.41) is 8.77. The van der Waals surface area contributed by atoms with E-state index >= 15 is 0 Å². The molecule has 0 aliphatic heterocycles. The first kappa shape index (κ1) is 10.1. The van der Waals surface area contributed by atoms with Crippen LogP contribution in [0.2, 0.25) is 0 Å².